The SMILES string of the molecule is Cc1cc(C)cc(NC(=O)C2CCC(CNC(=O)[C@@H]3Cc4ccccc4CN3)CC2)c1. The summed E-state index contributed by atoms with van der Waals surface area (Å²) in [5.41, 5.74) is 5.75. The molecule has 0 unspecified atom stereocenters. The summed E-state index contributed by atoms with van der Waals surface area (Å²) in [5.74, 6) is 0.719. The molecule has 2 aromatic carbocycles. The summed E-state index contributed by atoms with van der Waals surface area (Å²) in [6, 6.07) is 14.3. The van der Waals surface area contributed by atoms with E-state index in [2.05, 4.69) is 34.1 Å². The monoisotopic (exact) mass is 419 g/mol. The minimum Gasteiger partial charge on any atom is -0.354 e. The highest BCUT2D eigenvalue weighted by molar-refractivity contribution is 5.92. The topological polar surface area (TPSA) is 70.2 Å². The Labute approximate surface area is 185 Å². The summed E-state index contributed by atoms with van der Waals surface area (Å²) in [6.07, 6.45) is 4.46. The summed E-state index contributed by atoms with van der Waals surface area (Å²) >= 11 is 0. The Morgan fingerprint density at radius 1 is 0.935 bits per heavy atom. The molecule has 31 heavy (non-hydrogen) atoms. The second-order valence-corrected chi connectivity index (χ2v) is 9.23. The molecule has 4 rings (SSSR count). The zero-order valence-corrected chi connectivity index (χ0v) is 18.5. The van der Waals surface area contributed by atoms with Crippen molar-refractivity contribution in [2.45, 2.75) is 58.5 Å². The second kappa shape index (κ2) is 9.65. The molecule has 5 nitrogen and oxygen atoms in total. The van der Waals surface area contributed by atoms with E-state index in [9.17, 15) is 9.59 Å². The number of amides is 2. The minimum absolute atomic E-state index is 0.0595. The van der Waals surface area contributed by atoms with Gasteiger partial charge in [0, 0.05) is 24.7 Å². The molecule has 1 aliphatic heterocycles. The molecule has 0 aromatic heterocycles. The van der Waals surface area contributed by atoms with Crippen LogP contribution < -0.4 is 16.0 Å². The van der Waals surface area contributed by atoms with Crippen LogP contribution in [0, 0.1) is 25.7 Å². The van der Waals surface area contributed by atoms with Gasteiger partial charge in [0.05, 0.1) is 6.04 Å². The van der Waals surface area contributed by atoms with E-state index in [1.165, 1.54) is 11.1 Å². The fourth-order valence-corrected chi connectivity index (χ4v) is 4.93. The first-order chi connectivity index (χ1) is 15.0. The third-order valence-corrected chi connectivity index (χ3v) is 6.67. The Balaban J connectivity index is 1.20. The average molecular weight is 420 g/mol. The molecule has 0 radical (unpaired) electrons. The molecule has 2 aromatic rings. The van der Waals surface area contributed by atoms with Crippen LogP contribution in [0.25, 0.3) is 0 Å². The van der Waals surface area contributed by atoms with E-state index in [0.29, 0.717) is 12.5 Å². The van der Waals surface area contributed by atoms with Gasteiger partial charge in [-0.15, -0.1) is 0 Å². The lowest BCUT2D eigenvalue weighted by molar-refractivity contribution is -0.124. The highest BCUT2D eigenvalue weighted by Crippen LogP contribution is 2.29. The lowest BCUT2D eigenvalue weighted by Crippen LogP contribution is -2.48. The van der Waals surface area contributed by atoms with Crippen molar-refractivity contribution >= 4 is 17.5 Å². The van der Waals surface area contributed by atoms with E-state index in [0.717, 1.165) is 55.5 Å². The predicted molar refractivity (Wildman–Crippen MR) is 124 cm³/mol. The van der Waals surface area contributed by atoms with Gasteiger partial charge in [0.25, 0.3) is 0 Å². The van der Waals surface area contributed by atoms with Crippen LogP contribution in [0.1, 0.15) is 47.9 Å². The molecule has 3 N–H and O–H groups in total. The van der Waals surface area contributed by atoms with Crippen LogP contribution in [0.3, 0.4) is 0 Å². The van der Waals surface area contributed by atoms with E-state index in [4.69, 9.17) is 0 Å². The molecule has 5 heteroatoms. The first-order valence-corrected chi connectivity index (χ1v) is 11.4. The van der Waals surface area contributed by atoms with Gasteiger partial charge in [0.15, 0.2) is 0 Å². The molecule has 1 atom stereocenters. The fourth-order valence-electron chi connectivity index (χ4n) is 4.93. The van der Waals surface area contributed by atoms with E-state index in [-0.39, 0.29) is 23.8 Å². The molecule has 2 amide bonds. The predicted octanol–water partition coefficient (Wildman–Crippen LogP) is 3.88. The van der Waals surface area contributed by atoms with Gasteiger partial charge in [-0.25, -0.2) is 0 Å². The highest BCUT2D eigenvalue weighted by atomic mass is 16.2. The number of nitrogens with one attached hydrogen (secondary N) is 3. The van der Waals surface area contributed by atoms with Gasteiger partial charge in [0.1, 0.15) is 0 Å². The van der Waals surface area contributed by atoms with E-state index >= 15 is 0 Å². The average Bonchev–Trinajstić information content (AvgIpc) is 2.76. The van der Waals surface area contributed by atoms with Crippen molar-refractivity contribution < 1.29 is 9.59 Å². The van der Waals surface area contributed by atoms with Crippen molar-refractivity contribution in [1.29, 1.82) is 0 Å². The van der Waals surface area contributed by atoms with Crippen LogP contribution in [0.2, 0.25) is 0 Å². The van der Waals surface area contributed by atoms with Crippen LogP contribution in [0.5, 0.6) is 0 Å². The van der Waals surface area contributed by atoms with Crippen LogP contribution in [0.4, 0.5) is 5.69 Å². The normalized spacial score (nSPS) is 23.0. The molecule has 1 saturated carbocycles. The Morgan fingerprint density at radius 2 is 1.61 bits per heavy atom. The second-order valence-electron chi connectivity index (χ2n) is 9.23. The van der Waals surface area contributed by atoms with Gasteiger partial charge in [-0.1, -0.05) is 30.3 Å². The first-order valence-electron chi connectivity index (χ1n) is 11.4. The molecule has 0 saturated heterocycles. The van der Waals surface area contributed by atoms with Gasteiger partial charge >= 0.3 is 0 Å². The molecule has 164 valence electrons. The van der Waals surface area contributed by atoms with E-state index in [1.807, 2.05) is 38.1 Å². The van der Waals surface area contributed by atoms with Gasteiger partial charge in [-0.3, -0.25) is 9.59 Å². The van der Waals surface area contributed by atoms with Crippen LogP contribution in [0.15, 0.2) is 42.5 Å². The number of hydrogen-bond acceptors (Lipinski definition) is 3. The summed E-state index contributed by atoms with van der Waals surface area (Å²) in [5, 5.41) is 9.59. The smallest absolute Gasteiger partial charge is 0.237 e. The maximum absolute atomic E-state index is 12.7. The summed E-state index contributed by atoms with van der Waals surface area (Å²) in [4.78, 5) is 25.3. The molecule has 0 bridgehead atoms. The van der Waals surface area contributed by atoms with Crippen molar-refractivity contribution in [3.05, 3.63) is 64.7 Å². The first kappa shape index (κ1) is 21.6. The quantitative estimate of drug-likeness (QED) is 0.689. The summed E-state index contributed by atoms with van der Waals surface area (Å²) < 4.78 is 0. The highest BCUT2D eigenvalue weighted by Gasteiger charge is 2.28. The fraction of sp³-hybridized carbons (Fsp3) is 0.462. The standard InChI is InChI=1S/C26H33N3O2/c1-17-11-18(2)13-23(12-17)29-25(30)20-9-7-19(8-10-20)15-28-26(31)24-14-21-5-3-4-6-22(21)16-27-24/h3-6,11-13,19-20,24,27H,7-10,14-16H2,1-2H3,(H,28,31)(H,29,30)/t19?,20?,24-/m0/s1. The summed E-state index contributed by atoms with van der Waals surface area (Å²) in [6.45, 7) is 5.53. The van der Waals surface area contributed by atoms with Crippen LogP contribution in [-0.2, 0) is 22.6 Å². The zero-order chi connectivity index (χ0) is 21.8. The van der Waals surface area contributed by atoms with Crippen molar-refractivity contribution in [3.8, 4) is 0 Å². The molecular formula is C26H33N3O2. The number of carbonyl (C=O) groups is 2. The Bertz CT molecular complexity index is 927. The van der Waals surface area contributed by atoms with Crippen LogP contribution >= 0.6 is 0 Å². The maximum Gasteiger partial charge on any atom is 0.237 e. The van der Waals surface area contributed by atoms with E-state index < -0.39 is 0 Å². The number of aryl methyl sites for hydroxylation is 2. The molecular weight excluding hydrogens is 386 g/mol. The number of carbonyl (C=O) groups excluding carboxylic acids is 2. The largest absolute Gasteiger partial charge is 0.354 e. The summed E-state index contributed by atoms with van der Waals surface area (Å²) in [7, 11) is 0. The Hall–Kier alpha value is -2.66. The zero-order valence-electron chi connectivity index (χ0n) is 18.5. The lowest BCUT2D eigenvalue weighted by atomic mass is 9.81. The van der Waals surface area contributed by atoms with Crippen molar-refractivity contribution in [2.75, 3.05) is 11.9 Å². The lowest BCUT2D eigenvalue weighted by Gasteiger charge is -2.29. The molecule has 2 aliphatic rings. The maximum atomic E-state index is 12.7. The Morgan fingerprint density at radius 3 is 2.32 bits per heavy atom. The Kier molecular flexibility index (Phi) is 6.71. The number of fused-ring (bicyclic) bond motifs is 1. The number of anilines is 1. The third kappa shape index (κ3) is 5.53. The van der Waals surface area contributed by atoms with E-state index in [1.54, 1.807) is 0 Å². The van der Waals surface area contributed by atoms with Crippen molar-refractivity contribution in [3.63, 3.8) is 0 Å². The third-order valence-electron chi connectivity index (χ3n) is 6.67. The minimum atomic E-state index is -0.158. The molecule has 1 fully saturated rings. The number of benzene rings is 2. The molecule has 1 aliphatic carbocycles. The van der Waals surface area contributed by atoms with Gasteiger partial charge < -0.3 is 16.0 Å². The number of hydrogen-bond donors (Lipinski definition) is 3. The van der Waals surface area contributed by atoms with Gasteiger partial charge in [-0.2, -0.15) is 0 Å². The van der Waals surface area contributed by atoms with Crippen molar-refractivity contribution in [1.82, 2.24) is 10.6 Å². The van der Waals surface area contributed by atoms with Gasteiger partial charge in [0.2, 0.25) is 11.8 Å². The molecule has 1 heterocycles. The number of rotatable bonds is 5. The van der Waals surface area contributed by atoms with Crippen LogP contribution in [-0.4, -0.2) is 24.4 Å². The van der Waals surface area contributed by atoms with Crippen molar-refractivity contribution in [2.24, 2.45) is 11.8 Å². The van der Waals surface area contributed by atoms with Gasteiger partial charge in [-0.05, 0) is 86.3 Å². The molecule has 0 spiro atoms.